The molecule has 2 N–H and O–H groups in total. The quantitative estimate of drug-likeness (QED) is 0.884. The molecule has 18 heavy (non-hydrogen) atoms. The molecule has 1 aliphatic heterocycles. The van der Waals surface area contributed by atoms with Gasteiger partial charge in [0.15, 0.2) is 0 Å². The maximum atomic E-state index is 5.71. The van der Waals surface area contributed by atoms with E-state index in [1.54, 1.807) is 0 Å². The number of nitrogens with zero attached hydrogens (tertiary/aromatic N) is 1. The smallest absolute Gasteiger partial charge is 0.0399 e. The Bertz CT molecular complexity index is 362. The van der Waals surface area contributed by atoms with Crippen molar-refractivity contribution in [2.75, 3.05) is 24.5 Å². The summed E-state index contributed by atoms with van der Waals surface area (Å²) in [4.78, 5) is 2.57. The van der Waals surface area contributed by atoms with Crippen LogP contribution in [0, 0.1) is 5.92 Å². The van der Waals surface area contributed by atoms with Crippen LogP contribution in [0.15, 0.2) is 24.3 Å². The average Bonchev–Trinajstić information content (AvgIpc) is 2.65. The molecule has 1 heterocycles. The van der Waals surface area contributed by atoms with E-state index in [0.717, 1.165) is 18.9 Å². The Morgan fingerprint density at radius 2 is 2.06 bits per heavy atom. The zero-order chi connectivity index (χ0) is 12.8. The van der Waals surface area contributed by atoms with Crippen molar-refractivity contribution >= 4 is 5.69 Å². The van der Waals surface area contributed by atoms with Crippen LogP contribution in [0.25, 0.3) is 0 Å². The fourth-order valence-electron chi connectivity index (χ4n) is 3.00. The van der Waals surface area contributed by atoms with Crippen molar-refractivity contribution < 1.29 is 0 Å². The van der Waals surface area contributed by atoms with Crippen LogP contribution in [-0.4, -0.2) is 19.6 Å². The number of nitrogens with two attached hydrogens (primary N) is 1. The molecular weight excluding hydrogens is 220 g/mol. The van der Waals surface area contributed by atoms with E-state index in [1.165, 1.54) is 50.0 Å². The van der Waals surface area contributed by atoms with Crippen molar-refractivity contribution in [3.8, 4) is 0 Å². The van der Waals surface area contributed by atoms with E-state index in [2.05, 4.69) is 36.1 Å². The van der Waals surface area contributed by atoms with Crippen LogP contribution in [-0.2, 0) is 6.42 Å². The highest BCUT2D eigenvalue weighted by Gasteiger charge is 2.17. The minimum absolute atomic E-state index is 0.739. The van der Waals surface area contributed by atoms with Gasteiger partial charge in [-0.15, -0.1) is 0 Å². The van der Waals surface area contributed by atoms with Crippen LogP contribution in [0.1, 0.15) is 38.2 Å². The highest BCUT2D eigenvalue weighted by molar-refractivity contribution is 5.53. The largest absolute Gasteiger partial charge is 0.371 e. The van der Waals surface area contributed by atoms with Gasteiger partial charge in [-0.25, -0.2) is 0 Å². The van der Waals surface area contributed by atoms with Crippen LogP contribution >= 0.6 is 0 Å². The first-order valence-corrected chi connectivity index (χ1v) is 7.38. The molecule has 0 aromatic heterocycles. The lowest BCUT2D eigenvalue weighted by molar-refractivity contribution is 0.459. The summed E-state index contributed by atoms with van der Waals surface area (Å²) in [7, 11) is 0. The third-order valence-corrected chi connectivity index (χ3v) is 4.17. The molecule has 0 radical (unpaired) electrons. The summed E-state index contributed by atoms with van der Waals surface area (Å²) in [5.41, 5.74) is 8.54. The van der Waals surface area contributed by atoms with Gasteiger partial charge in [-0.3, -0.25) is 0 Å². The normalized spacial score (nSPS) is 20.8. The molecule has 0 amide bonds. The Hall–Kier alpha value is -1.02. The molecule has 2 rings (SSSR count). The highest BCUT2D eigenvalue weighted by Crippen LogP contribution is 2.27. The van der Waals surface area contributed by atoms with Gasteiger partial charge in [-0.05, 0) is 49.8 Å². The van der Waals surface area contributed by atoms with Gasteiger partial charge in [0.1, 0.15) is 0 Å². The van der Waals surface area contributed by atoms with Crippen molar-refractivity contribution in [1.82, 2.24) is 0 Å². The molecule has 1 fully saturated rings. The highest BCUT2D eigenvalue weighted by atomic mass is 15.1. The minimum Gasteiger partial charge on any atom is -0.371 e. The fraction of sp³-hybridized carbons (Fsp3) is 0.625. The number of rotatable bonds is 4. The van der Waals surface area contributed by atoms with Gasteiger partial charge in [0, 0.05) is 18.8 Å². The van der Waals surface area contributed by atoms with Crippen LogP contribution in [0.3, 0.4) is 0 Å². The molecule has 1 atom stereocenters. The Kier molecular flexibility index (Phi) is 5.06. The predicted molar refractivity (Wildman–Crippen MR) is 79.0 cm³/mol. The lowest BCUT2D eigenvalue weighted by atomic mass is 9.98. The van der Waals surface area contributed by atoms with Gasteiger partial charge in [-0.2, -0.15) is 0 Å². The van der Waals surface area contributed by atoms with Crippen molar-refractivity contribution in [1.29, 1.82) is 0 Å². The Morgan fingerprint density at radius 3 is 2.83 bits per heavy atom. The summed E-state index contributed by atoms with van der Waals surface area (Å²) >= 11 is 0. The van der Waals surface area contributed by atoms with E-state index in [4.69, 9.17) is 5.73 Å². The van der Waals surface area contributed by atoms with Crippen LogP contribution in [0.5, 0.6) is 0 Å². The first kappa shape index (κ1) is 13.4. The SMILES string of the molecule is CCC1CCCN(c2ccccc2CCN)CC1. The molecule has 100 valence electrons. The number of anilines is 1. The summed E-state index contributed by atoms with van der Waals surface area (Å²) in [5.74, 6) is 0.927. The monoisotopic (exact) mass is 246 g/mol. The van der Waals surface area contributed by atoms with Gasteiger partial charge >= 0.3 is 0 Å². The number of benzene rings is 1. The van der Waals surface area contributed by atoms with E-state index in [0.29, 0.717) is 0 Å². The van der Waals surface area contributed by atoms with Gasteiger partial charge in [0.25, 0.3) is 0 Å². The fourth-order valence-corrected chi connectivity index (χ4v) is 3.00. The Labute approximate surface area is 111 Å². The lowest BCUT2D eigenvalue weighted by Gasteiger charge is -2.25. The van der Waals surface area contributed by atoms with E-state index < -0.39 is 0 Å². The second kappa shape index (κ2) is 6.79. The third kappa shape index (κ3) is 3.26. The summed E-state index contributed by atoms with van der Waals surface area (Å²) in [6.07, 6.45) is 6.39. The number of hydrogen-bond acceptors (Lipinski definition) is 2. The van der Waals surface area contributed by atoms with E-state index in [9.17, 15) is 0 Å². The minimum atomic E-state index is 0.739. The first-order chi connectivity index (χ1) is 8.85. The first-order valence-electron chi connectivity index (χ1n) is 7.38. The molecule has 1 aromatic rings. The Morgan fingerprint density at radius 1 is 1.22 bits per heavy atom. The molecule has 1 aromatic carbocycles. The van der Waals surface area contributed by atoms with E-state index in [-0.39, 0.29) is 0 Å². The van der Waals surface area contributed by atoms with Gasteiger partial charge < -0.3 is 10.6 Å². The Balaban J connectivity index is 2.10. The molecule has 2 nitrogen and oxygen atoms in total. The molecule has 1 aliphatic rings. The summed E-state index contributed by atoms with van der Waals surface area (Å²) in [6, 6.07) is 8.76. The van der Waals surface area contributed by atoms with Crippen molar-refractivity contribution in [3.63, 3.8) is 0 Å². The molecular formula is C16H26N2. The van der Waals surface area contributed by atoms with E-state index in [1.807, 2.05) is 0 Å². The second-order valence-corrected chi connectivity index (χ2v) is 5.36. The number of hydrogen-bond donors (Lipinski definition) is 1. The summed E-state index contributed by atoms with van der Waals surface area (Å²) in [6.45, 7) is 5.48. The second-order valence-electron chi connectivity index (χ2n) is 5.36. The average molecular weight is 246 g/mol. The molecule has 0 spiro atoms. The molecule has 0 aliphatic carbocycles. The lowest BCUT2D eigenvalue weighted by Crippen LogP contribution is -2.25. The van der Waals surface area contributed by atoms with Gasteiger partial charge in [-0.1, -0.05) is 31.5 Å². The van der Waals surface area contributed by atoms with Crippen LogP contribution in [0.4, 0.5) is 5.69 Å². The van der Waals surface area contributed by atoms with Crippen LogP contribution < -0.4 is 10.6 Å². The molecule has 1 unspecified atom stereocenters. The van der Waals surface area contributed by atoms with Gasteiger partial charge in [0.2, 0.25) is 0 Å². The topological polar surface area (TPSA) is 29.3 Å². The number of para-hydroxylation sites is 1. The van der Waals surface area contributed by atoms with Gasteiger partial charge in [0.05, 0.1) is 0 Å². The summed E-state index contributed by atoms with van der Waals surface area (Å²) in [5, 5.41) is 0. The van der Waals surface area contributed by atoms with Crippen molar-refractivity contribution in [2.24, 2.45) is 11.7 Å². The molecule has 2 heteroatoms. The molecule has 0 saturated carbocycles. The zero-order valence-electron chi connectivity index (χ0n) is 11.6. The van der Waals surface area contributed by atoms with E-state index >= 15 is 0 Å². The van der Waals surface area contributed by atoms with Crippen molar-refractivity contribution in [2.45, 2.75) is 39.0 Å². The zero-order valence-corrected chi connectivity index (χ0v) is 11.6. The maximum Gasteiger partial charge on any atom is 0.0399 e. The predicted octanol–water partition coefficient (Wildman–Crippen LogP) is 3.20. The molecule has 1 saturated heterocycles. The standard InChI is InChI=1S/C16H26N2/c1-2-14-6-5-12-18(13-10-14)16-8-4-3-7-15(16)9-11-17/h3-4,7-8,14H,2,5-6,9-13,17H2,1H3. The van der Waals surface area contributed by atoms with Crippen LogP contribution in [0.2, 0.25) is 0 Å². The summed E-state index contributed by atoms with van der Waals surface area (Å²) < 4.78 is 0. The van der Waals surface area contributed by atoms with Crippen molar-refractivity contribution in [3.05, 3.63) is 29.8 Å². The third-order valence-electron chi connectivity index (χ3n) is 4.17. The molecule has 0 bridgehead atoms. The maximum absolute atomic E-state index is 5.71.